The number of carbonyl (C=O) groups is 1. The summed E-state index contributed by atoms with van der Waals surface area (Å²) >= 11 is 0. The van der Waals surface area contributed by atoms with Crippen LogP contribution >= 0.6 is 24.0 Å². The molecule has 29 heavy (non-hydrogen) atoms. The number of nitrogens with one attached hydrogen (secondary N) is 1. The third-order valence-corrected chi connectivity index (χ3v) is 6.32. The van der Waals surface area contributed by atoms with Gasteiger partial charge in [-0.2, -0.15) is 13.2 Å². The molecule has 0 aromatic heterocycles. The number of amides is 1. The first-order valence-corrected chi connectivity index (χ1v) is 10.3. The molecule has 1 heterocycles. The summed E-state index contributed by atoms with van der Waals surface area (Å²) in [5, 5.41) is 3.17. The van der Waals surface area contributed by atoms with E-state index in [9.17, 15) is 18.0 Å². The number of nitrogens with zero attached hydrogens (tertiary/aromatic N) is 4. The van der Waals surface area contributed by atoms with Crippen LogP contribution in [-0.4, -0.2) is 91.6 Å². The highest BCUT2D eigenvalue weighted by atomic mass is 127. The van der Waals surface area contributed by atoms with Gasteiger partial charge in [0.15, 0.2) is 5.96 Å². The van der Waals surface area contributed by atoms with Crippen molar-refractivity contribution in [3.05, 3.63) is 0 Å². The first-order valence-electron chi connectivity index (χ1n) is 10.3. The van der Waals surface area contributed by atoms with Gasteiger partial charge in [0.2, 0.25) is 5.91 Å². The number of piperazine rings is 1. The minimum Gasteiger partial charge on any atom is -0.357 e. The summed E-state index contributed by atoms with van der Waals surface area (Å²) in [4.78, 5) is 21.7. The molecule has 3 aliphatic rings. The minimum atomic E-state index is -4.39. The smallest absolute Gasteiger partial charge is 0.357 e. The van der Waals surface area contributed by atoms with Gasteiger partial charge in [0.1, 0.15) is 13.1 Å². The topological polar surface area (TPSA) is 51.2 Å². The van der Waals surface area contributed by atoms with Crippen LogP contribution in [0.15, 0.2) is 4.99 Å². The van der Waals surface area contributed by atoms with Crippen LogP contribution in [0.3, 0.4) is 0 Å². The molecule has 3 fully saturated rings. The second-order valence-electron chi connectivity index (χ2n) is 8.30. The molecule has 0 radical (unpaired) electrons. The van der Waals surface area contributed by atoms with Crippen molar-refractivity contribution in [1.82, 2.24) is 20.0 Å². The maximum atomic E-state index is 12.4. The molecule has 1 amide bonds. The van der Waals surface area contributed by atoms with Gasteiger partial charge in [-0.1, -0.05) is 6.42 Å². The molecule has 1 saturated heterocycles. The predicted octanol–water partition coefficient (Wildman–Crippen LogP) is 2.40. The summed E-state index contributed by atoms with van der Waals surface area (Å²) in [7, 11) is 1.16. The average molecular weight is 531 g/mol. The molecule has 3 rings (SSSR count). The molecule has 10 heteroatoms. The predicted molar refractivity (Wildman–Crippen MR) is 117 cm³/mol. The van der Waals surface area contributed by atoms with Crippen LogP contribution in [0.4, 0.5) is 13.2 Å². The number of likely N-dealkylation sites (N-methyl/N-ethyl adjacent to an activating group) is 1. The number of hydrogen-bond donors (Lipinski definition) is 1. The Balaban J connectivity index is 0.00000300. The van der Waals surface area contributed by atoms with E-state index >= 15 is 0 Å². The third kappa shape index (κ3) is 6.60. The van der Waals surface area contributed by atoms with E-state index in [0.717, 1.165) is 51.1 Å². The van der Waals surface area contributed by atoms with Crippen LogP contribution in [0.1, 0.15) is 32.6 Å². The Hall–Kier alpha value is -0.780. The molecule has 2 aliphatic carbocycles. The molecule has 0 spiro atoms. The lowest BCUT2D eigenvalue weighted by atomic mass is 9.93. The van der Waals surface area contributed by atoms with Crippen molar-refractivity contribution >= 4 is 35.8 Å². The Morgan fingerprint density at radius 3 is 2.38 bits per heavy atom. The molecule has 2 saturated carbocycles. The van der Waals surface area contributed by atoms with E-state index in [1.807, 2.05) is 6.92 Å². The molecule has 0 aromatic carbocycles. The summed E-state index contributed by atoms with van der Waals surface area (Å²) in [6.45, 7) is 4.66. The van der Waals surface area contributed by atoms with E-state index in [-0.39, 0.29) is 30.5 Å². The molecule has 2 bridgehead atoms. The van der Waals surface area contributed by atoms with Crippen LogP contribution in [0.2, 0.25) is 0 Å². The van der Waals surface area contributed by atoms with Gasteiger partial charge in [-0.3, -0.25) is 9.69 Å². The van der Waals surface area contributed by atoms with Gasteiger partial charge in [-0.25, -0.2) is 4.99 Å². The van der Waals surface area contributed by atoms with Crippen molar-refractivity contribution < 1.29 is 18.0 Å². The highest BCUT2D eigenvalue weighted by Crippen LogP contribution is 2.46. The Labute approximate surface area is 188 Å². The molecule has 1 N–H and O–H groups in total. The quantitative estimate of drug-likeness (QED) is 0.337. The second kappa shape index (κ2) is 10.5. The molecule has 1 aliphatic heterocycles. The fourth-order valence-corrected chi connectivity index (χ4v) is 4.97. The molecular formula is C19H33F3IN5O. The standard InChI is InChI=1S/C19H32F3N5O.HI/c1-3-23-18(24-12-17(28)25(2)13-19(20,21)22)27-8-6-26(7-9-27)16-11-14-4-5-15(16)10-14;/h14-16H,3-13H2,1-2H3,(H,23,24);1H. The fraction of sp³-hybridized carbons (Fsp3) is 0.895. The molecule has 6 nitrogen and oxygen atoms in total. The van der Waals surface area contributed by atoms with E-state index < -0.39 is 18.6 Å². The van der Waals surface area contributed by atoms with Gasteiger partial charge >= 0.3 is 6.18 Å². The van der Waals surface area contributed by atoms with Gasteiger partial charge < -0.3 is 15.1 Å². The summed E-state index contributed by atoms with van der Waals surface area (Å²) < 4.78 is 37.3. The molecular weight excluding hydrogens is 498 g/mol. The second-order valence-corrected chi connectivity index (χ2v) is 8.30. The Morgan fingerprint density at radius 1 is 1.17 bits per heavy atom. The first-order chi connectivity index (χ1) is 13.3. The van der Waals surface area contributed by atoms with Gasteiger partial charge in [-0.15, -0.1) is 24.0 Å². The Morgan fingerprint density at radius 2 is 1.86 bits per heavy atom. The number of guanidine groups is 1. The number of halogens is 4. The van der Waals surface area contributed by atoms with E-state index in [2.05, 4.69) is 20.1 Å². The SMILES string of the molecule is CCNC(=NCC(=O)N(C)CC(F)(F)F)N1CCN(C2CC3CCC2C3)CC1.I. The summed E-state index contributed by atoms with van der Waals surface area (Å²) in [5.41, 5.74) is 0. The zero-order chi connectivity index (χ0) is 20.3. The maximum absolute atomic E-state index is 12.4. The normalized spacial score (nSPS) is 27.7. The van der Waals surface area contributed by atoms with Gasteiger partial charge in [0, 0.05) is 45.8 Å². The van der Waals surface area contributed by atoms with Gasteiger partial charge in [0.25, 0.3) is 0 Å². The van der Waals surface area contributed by atoms with Crippen LogP contribution < -0.4 is 5.32 Å². The van der Waals surface area contributed by atoms with Crippen LogP contribution in [-0.2, 0) is 4.79 Å². The summed E-state index contributed by atoms with van der Waals surface area (Å²) in [6.07, 6.45) is 1.10. The number of carbonyl (C=O) groups excluding carboxylic acids is 1. The Bertz CT molecular complexity index is 581. The largest absolute Gasteiger partial charge is 0.406 e. The van der Waals surface area contributed by atoms with Gasteiger partial charge in [-0.05, 0) is 38.0 Å². The fourth-order valence-electron chi connectivity index (χ4n) is 4.97. The van der Waals surface area contributed by atoms with E-state index in [0.29, 0.717) is 17.4 Å². The van der Waals surface area contributed by atoms with E-state index in [1.165, 1.54) is 25.7 Å². The zero-order valence-corrected chi connectivity index (χ0v) is 19.6. The van der Waals surface area contributed by atoms with E-state index in [4.69, 9.17) is 0 Å². The summed E-state index contributed by atoms with van der Waals surface area (Å²) in [5.74, 6) is 1.77. The number of rotatable bonds is 5. The molecule has 3 unspecified atom stereocenters. The average Bonchev–Trinajstić information content (AvgIpc) is 3.27. The van der Waals surface area contributed by atoms with Crippen molar-refractivity contribution in [2.75, 3.05) is 52.9 Å². The maximum Gasteiger partial charge on any atom is 0.406 e. The number of hydrogen-bond acceptors (Lipinski definition) is 3. The third-order valence-electron chi connectivity index (χ3n) is 6.32. The number of aliphatic imine (C=N–C) groups is 1. The van der Waals surface area contributed by atoms with Crippen molar-refractivity contribution in [2.45, 2.75) is 44.8 Å². The van der Waals surface area contributed by atoms with Crippen LogP contribution in [0.5, 0.6) is 0 Å². The molecule has 3 atom stereocenters. The van der Waals surface area contributed by atoms with Crippen LogP contribution in [0, 0.1) is 11.8 Å². The number of alkyl halides is 3. The highest BCUT2D eigenvalue weighted by molar-refractivity contribution is 14.0. The van der Waals surface area contributed by atoms with Crippen molar-refractivity contribution in [3.63, 3.8) is 0 Å². The molecule has 0 aromatic rings. The van der Waals surface area contributed by atoms with Crippen LogP contribution in [0.25, 0.3) is 0 Å². The lowest BCUT2D eigenvalue weighted by Gasteiger charge is -2.42. The highest BCUT2D eigenvalue weighted by Gasteiger charge is 2.42. The zero-order valence-electron chi connectivity index (χ0n) is 17.2. The van der Waals surface area contributed by atoms with E-state index in [1.54, 1.807) is 0 Å². The monoisotopic (exact) mass is 531 g/mol. The van der Waals surface area contributed by atoms with Crippen molar-refractivity contribution in [2.24, 2.45) is 16.8 Å². The number of fused-ring (bicyclic) bond motifs is 2. The molecule has 168 valence electrons. The van der Waals surface area contributed by atoms with Gasteiger partial charge in [0.05, 0.1) is 0 Å². The lowest BCUT2D eigenvalue weighted by molar-refractivity contribution is -0.157. The summed E-state index contributed by atoms with van der Waals surface area (Å²) in [6, 6.07) is 0.720. The minimum absolute atomic E-state index is 0. The lowest BCUT2D eigenvalue weighted by Crippen LogP contribution is -2.55. The van der Waals surface area contributed by atoms with Crippen molar-refractivity contribution in [3.8, 4) is 0 Å². The Kier molecular flexibility index (Phi) is 8.87. The van der Waals surface area contributed by atoms with Crippen molar-refractivity contribution in [1.29, 1.82) is 0 Å². The first kappa shape index (κ1) is 24.5.